The Labute approximate surface area is 211 Å². The fourth-order valence-electron chi connectivity index (χ4n) is 5.06. The molecule has 0 unspecified atom stereocenters. The molecule has 2 fully saturated rings. The summed E-state index contributed by atoms with van der Waals surface area (Å²) in [6, 6.07) is 2.46. The van der Waals surface area contributed by atoms with E-state index in [1.54, 1.807) is 6.20 Å². The Balaban J connectivity index is 1.54. The van der Waals surface area contributed by atoms with E-state index in [-0.39, 0.29) is 39.6 Å². The molecule has 1 aromatic carbocycles. The average Bonchev–Trinajstić information content (AvgIpc) is 3.38. The Morgan fingerprint density at radius 2 is 1.91 bits per heavy atom. The number of fused-ring (bicyclic) bond motifs is 1. The minimum Gasteiger partial charge on any atom is -0.391 e. The van der Waals surface area contributed by atoms with Gasteiger partial charge in [-0.1, -0.05) is 23.2 Å². The molecule has 2 aromatic heterocycles. The Morgan fingerprint density at radius 3 is 2.57 bits per heavy atom. The monoisotopic (exact) mass is 521 g/mol. The van der Waals surface area contributed by atoms with Crippen molar-refractivity contribution in [2.45, 2.75) is 63.1 Å². The SMILES string of the molecule is NC(=O)C1CCC(n2c(Nc3c(F)cc(Cl)cc3Cl)nc3cnc(N[C@@H]4CCC[C@H]4O)nc32)CC1. The smallest absolute Gasteiger partial charge is 0.225 e. The maximum atomic E-state index is 14.7. The summed E-state index contributed by atoms with van der Waals surface area (Å²) in [5.74, 6) is -0.328. The Hall–Kier alpha value is -2.69. The summed E-state index contributed by atoms with van der Waals surface area (Å²) in [6.45, 7) is 0. The molecule has 0 spiro atoms. The topological polar surface area (TPSA) is 131 Å². The van der Waals surface area contributed by atoms with Gasteiger partial charge >= 0.3 is 0 Å². The van der Waals surface area contributed by atoms with E-state index in [0.717, 1.165) is 19.3 Å². The van der Waals surface area contributed by atoms with Crippen LogP contribution in [-0.2, 0) is 4.79 Å². The van der Waals surface area contributed by atoms with Gasteiger partial charge in [-0.2, -0.15) is 4.98 Å². The van der Waals surface area contributed by atoms with E-state index in [2.05, 4.69) is 20.6 Å². The highest BCUT2D eigenvalue weighted by atomic mass is 35.5. The van der Waals surface area contributed by atoms with Gasteiger partial charge in [0.15, 0.2) is 5.65 Å². The molecule has 12 heteroatoms. The van der Waals surface area contributed by atoms with Crippen LogP contribution in [0.2, 0.25) is 10.0 Å². The van der Waals surface area contributed by atoms with E-state index >= 15 is 0 Å². The molecule has 0 saturated heterocycles. The number of aliphatic hydroxyl groups excluding tert-OH is 1. The second-order valence-electron chi connectivity index (χ2n) is 9.23. The van der Waals surface area contributed by atoms with E-state index in [1.165, 1.54) is 12.1 Å². The number of carbonyl (C=O) groups is 1. The number of carbonyl (C=O) groups excluding carboxylic acids is 1. The molecule has 2 aliphatic carbocycles. The van der Waals surface area contributed by atoms with E-state index in [4.69, 9.17) is 33.9 Å². The van der Waals surface area contributed by atoms with Crippen LogP contribution in [0.25, 0.3) is 11.2 Å². The van der Waals surface area contributed by atoms with Crippen molar-refractivity contribution in [1.82, 2.24) is 19.5 Å². The Bertz CT molecular complexity index is 1240. The van der Waals surface area contributed by atoms with Gasteiger partial charge in [0.2, 0.25) is 17.8 Å². The number of hydrogen-bond donors (Lipinski definition) is 4. The molecule has 5 N–H and O–H groups in total. The lowest BCUT2D eigenvalue weighted by Gasteiger charge is -2.29. The van der Waals surface area contributed by atoms with Gasteiger partial charge < -0.3 is 21.5 Å². The molecule has 186 valence electrons. The zero-order chi connectivity index (χ0) is 24.7. The number of nitrogens with zero attached hydrogens (tertiary/aromatic N) is 4. The highest BCUT2D eigenvalue weighted by Gasteiger charge is 2.30. The third-order valence-corrected chi connectivity index (χ3v) is 7.45. The van der Waals surface area contributed by atoms with Crippen LogP contribution in [0.3, 0.4) is 0 Å². The molecule has 5 rings (SSSR count). The normalized spacial score (nSPS) is 24.6. The first-order valence-corrected chi connectivity index (χ1v) is 12.5. The van der Waals surface area contributed by atoms with Crippen LogP contribution in [-0.4, -0.2) is 42.7 Å². The predicted molar refractivity (Wildman–Crippen MR) is 132 cm³/mol. The first-order valence-electron chi connectivity index (χ1n) is 11.7. The summed E-state index contributed by atoms with van der Waals surface area (Å²) in [5.41, 5.74) is 6.66. The van der Waals surface area contributed by atoms with Crippen molar-refractivity contribution in [2.24, 2.45) is 11.7 Å². The molecule has 2 atom stereocenters. The summed E-state index contributed by atoms with van der Waals surface area (Å²) in [5, 5.41) is 16.7. The first kappa shape index (κ1) is 24.0. The van der Waals surface area contributed by atoms with E-state index in [0.29, 0.717) is 48.7 Å². The van der Waals surface area contributed by atoms with Gasteiger partial charge in [0.25, 0.3) is 0 Å². The van der Waals surface area contributed by atoms with Crippen LogP contribution in [0.5, 0.6) is 0 Å². The van der Waals surface area contributed by atoms with Crippen molar-refractivity contribution in [3.63, 3.8) is 0 Å². The number of hydrogen-bond acceptors (Lipinski definition) is 7. The number of amides is 1. The number of rotatable bonds is 6. The summed E-state index contributed by atoms with van der Waals surface area (Å²) in [4.78, 5) is 25.4. The summed E-state index contributed by atoms with van der Waals surface area (Å²) in [7, 11) is 0. The standard InChI is InChI=1S/C23H26Cl2FN7O2/c24-12-8-14(25)19(15(26)9-12)31-23-30-17-10-28-22(29-16-2-1-3-18(16)34)32-21(17)33(23)13-6-4-11(5-7-13)20(27)35/h8-11,13,16,18,34H,1-7H2,(H2,27,35)(H,30,31)(H,28,29,32)/t11?,13?,16-,18-/m1/s1. The number of aromatic nitrogens is 4. The zero-order valence-corrected chi connectivity index (χ0v) is 20.4. The minimum absolute atomic E-state index is 0.0490. The fraction of sp³-hybridized carbons (Fsp3) is 0.478. The van der Waals surface area contributed by atoms with Gasteiger partial charge in [-0.15, -0.1) is 0 Å². The van der Waals surface area contributed by atoms with Crippen LogP contribution in [0, 0.1) is 11.7 Å². The van der Waals surface area contributed by atoms with E-state index in [1.807, 2.05) is 4.57 Å². The zero-order valence-electron chi connectivity index (χ0n) is 18.8. The number of primary amides is 1. The number of nitrogens with one attached hydrogen (secondary N) is 2. The molecular weight excluding hydrogens is 496 g/mol. The number of benzene rings is 1. The lowest BCUT2D eigenvalue weighted by molar-refractivity contribution is -0.122. The van der Waals surface area contributed by atoms with Crippen molar-refractivity contribution >= 4 is 57.9 Å². The quantitative estimate of drug-likeness (QED) is 0.373. The van der Waals surface area contributed by atoms with E-state index in [9.17, 15) is 14.3 Å². The van der Waals surface area contributed by atoms with Gasteiger partial charge in [-0.05, 0) is 57.1 Å². The lowest BCUT2D eigenvalue weighted by Crippen LogP contribution is -2.29. The van der Waals surface area contributed by atoms with Crippen LogP contribution >= 0.6 is 23.2 Å². The van der Waals surface area contributed by atoms with Gasteiger partial charge in [0.1, 0.15) is 11.3 Å². The van der Waals surface area contributed by atoms with Crippen LogP contribution in [0.15, 0.2) is 18.3 Å². The lowest BCUT2D eigenvalue weighted by atomic mass is 9.85. The highest BCUT2D eigenvalue weighted by Crippen LogP contribution is 2.38. The fourth-order valence-corrected chi connectivity index (χ4v) is 5.58. The maximum Gasteiger partial charge on any atom is 0.225 e. The highest BCUT2D eigenvalue weighted by molar-refractivity contribution is 6.36. The molecule has 9 nitrogen and oxygen atoms in total. The largest absolute Gasteiger partial charge is 0.391 e. The van der Waals surface area contributed by atoms with Gasteiger partial charge in [-0.3, -0.25) is 9.36 Å². The number of halogens is 3. The molecule has 2 saturated carbocycles. The molecule has 2 aliphatic rings. The van der Waals surface area contributed by atoms with Crippen molar-refractivity contribution in [3.05, 3.63) is 34.2 Å². The van der Waals surface area contributed by atoms with Crippen molar-refractivity contribution in [2.75, 3.05) is 10.6 Å². The predicted octanol–water partition coefficient (Wildman–Crippen LogP) is 4.56. The molecule has 0 radical (unpaired) electrons. The van der Waals surface area contributed by atoms with Crippen molar-refractivity contribution in [3.8, 4) is 0 Å². The number of imidazole rings is 1. The van der Waals surface area contributed by atoms with Gasteiger partial charge in [0.05, 0.1) is 29.1 Å². The van der Waals surface area contributed by atoms with Crippen LogP contribution in [0.1, 0.15) is 51.0 Å². The maximum absolute atomic E-state index is 14.7. The summed E-state index contributed by atoms with van der Waals surface area (Å²) >= 11 is 12.2. The molecule has 35 heavy (non-hydrogen) atoms. The number of aliphatic hydroxyl groups is 1. The van der Waals surface area contributed by atoms with Gasteiger partial charge in [-0.25, -0.2) is 14.4 Å². The minimum atomic E-state index is -0.609. The first-order chi connectivity index (χ1) is 16.8. The van der Waals surface area contributed by atoms with Gasteiger partial charge in [0, 0.05) is 17.0 Å². The molecule has 0 aliphatic heterocycles. The third-order valence-electron chi connectivity index (χ3n) is 6.93. The van der Waals surface area contributed by atoms with Crippen LogP contribution in [0.4, 0.5) is 22.0 Å². The Kier molecular flexibility index (Phi) is 6.69. The summed E-state index contributed by atoms with van der Waals surface area (Å²) < 4.78 is 16.6. The second kappa shape index (κ2) is 9.75. The molecular formula is C23H26Cl2FN7O2. The second-order valence-corrected chi connectivity index (χ2v) is 10.1. The Morgan fingerprint density at radius 1 is 1.14 bits per heavy atom. The summed E-state index contributed by atoms with van der Waals surface area (Å²) in [6.07, 6.45) is 6.29. The third kappa shape index (κ3) is 4.87. The number of nitrogens with two attached hydrogens (primary N) is 1. The van der Waals surface area contributed by atoms with Crippen LogP contribution < -0.4 is 16.4 Å². The molecule has 0 bridgehead atoms. The molecule has 3 aromatic rings. The van der Waals surface area contributed by atoms with E-state index < -0.39 is 11.9 Å². The van der Waals surface area contributed by atoms with Crippen molar-refractivity contribution < 1.29 is 14.3 Å². The molecule has 1 amide bonds. The molecule has 2 heterocycles. The number of anilines is 3. The average molecular weight is 522 g/mol. The van der Waals surface area contributed by atoms with Crippen molar-refractivity contribution in [1.29, 1.82) is 0 Å².